The lowest BCUT2D eigenvalue weighted by Crippen LogP contribution is -2.06. The van der Waals surface area contributed by atoms with Gasteiger partial charge in [0.15, 0.2) is 11.6 Å². The molecule has 0 aliphatic rings. The molecule has 0 radical (unpaired) electrons. The van der Waals surface area contributed by atoms with E-state index in [1.54, 1.807) is 0 Å². The van der Waals surface area contributed by atoms with Gasteiger partial charge in [0.25, 0.3) is 0 Å². The van der Waals surface area contributed by atoms with Gasteiger partial charge in [-0.1, -0.05) is 134 Å². The first-order valence-electron chi connectivity index (χ1n) is 15.8. The second-order valence-electron chi connectivity index (χ2n) is 11.6. The van der Waals surface area contributed by atoms with Crippen LogP contribution in [0.5, 0.6) is 0 Å². The molecule has 6 aromatic carbocycles. The fraction of sp³-hybridized carbons (Fsp3) is 0.0714. The molecular formula is C42H32N4. The summed E-state index contributed by atoms with van der Waals surface area (Å²) in [6.07, 6.45) is 0.986. The number of hydrogen-bond donors (Lipinski definition) is 0. The predicted octanol–water partition coefficient (Wildman–Crippen LogP) is 10.5. The summed E-state index contributed by atoms with van der Waals surface area (Å²) in [6.45, 7) is 4.38. The summed E-state index contributed by atoms with van der Waals surface area (Å²) in [7, 11) is 0. The molecule has 0 saturated heterocycles. The van der Waals surface area contributed by atoms with Crippen LogP contribution in [0.1, 0.15) is 18.1 Å². The number of aromatic nitrogens is 4. The van der Waals surface area contributed by atoms with Crippen molar-refractivity contribution in [2.24, 2.45) is 0 Å². The van der Waals surface area contributed by atoms with Crippen molar-refractivity contribution in [2.75, 3.05) is 0 Å². The number of hydrogen-bond acceptors (Lipinski definition) is 3. The molecular weight excluding hydrogens is 560 g/mol. The van der Waals surface area contributed by atoms with Gasteiger partial charge >= 0.3 is 0 Å². The van der Waals surface area contributed by atoms with E-state index in [4.69, 9.17) is 15.0 Å². The lowest BCUT2D eigenvalue weighted by molar-refractivity contribution is 0.953. The summed E-state index contributed by atoms with van der Waals surface area (Å²) < 4.78 is 2.19. The highest BCUT2D eigenvalue weighted by molar-refractivity contribution is 6.10. The summed E-state index contributed by atoms with van der Waals surface area (Å²) in [4.78, 5) is 15.4. The zero-order chi connectivity index (χ0) is 31.0. The van der Waals surface area contributed by atoms with Crippen molar-refractivity contribution in [3.63, 3.8) is 0 Å². The first-order valence-corrected chi connectivity index (χ1v) is 15.8. The Bertz CT molecular complexity index is 2350. The molecule has 0 amide bonds. The molecule has 46 heavy (non-hydrogen) atoms. The molecule has 0 unspecified atom stereocenters. The highest BCUT2D eigenvalue weighted by Gasteiger charge is 2.19. The van der Waals surface area contributed by atoms with Gasteiger partial charge in [0.05, 0.1) is 11.0 Å². The first kappa shape index (κ1) is 27.7. The number of fused-ring (bicyclic) bond motifs is 3. The summed E-state index contributed by atoms with van der Waals surface area (Å²) in [5.41, 5.74) is 11.4. The Kier molecular flexibility index (Phi) is 6.96. The zero-order valence-electron chi connectivity index (χ0n) is 25.9. The molecule has 2 heterocycles. The van der Waals surface area contributed by atoms with Gasteiger partial charge in [-0.3, -0.25) is 4.57 Å². The number of benzene rings is 6. The molecule has 4 heteroatoms. The van der Waals surface area contributed by atoms with E-state index in [2.05, 4.69) is 140 Å². The highest BCUT2D eigenvalue weighted by Crippen LogP contribution is 2.36. The van der Waals surface area contributed by atoms with Gasteiger partial charge < -0.3 is 0 Å². The van der Waals surface area contributed by atoms with E-state index in [1.807, 2.05) is 24.3 Å². The number of rotatable bonds is 6. The van der Waals surface area contributed by atoms with Crippen molar-refractivity contribution < 1.29 is 0 Å². The van der Waals surface area contributed by atoms with E-state index in [9.17, 15) is 0 Å². The number of para-hydroxylation sites is 1. The van der Waals surface area contributed by atoms with Gasteiger partial charge in [-0.15, -0.1) is 0 Å². The Balaban J connectivity index is 1.36. The summed E-state index contributed by atoms with van der Waals surface area (Å²) in [5.74, 6) is 1.88. The molecule has 0 saturated carbocycles. The minimum Gasteiger partial charge on any atom is -0.278 e. The van der Waals surface area contributed by atoms with Crippen molar-refractivity contribution in [3.05, 3.63) is 157 Å². The van der Waals surface area contributed by atoms with E-state index < -0.39 is 0 Å². The Morgan fingerprint density at radius 1 is 0.478 bits per heavy atom. The molecule has 4 nitrogen and oxygen atoms in total. The minimum atomic E-state index is 0.596. The van der Waals surface area contributed by atoms with Gasteiger partial charge in [-0.05, 0) is 64.9 Å². The summed E-state index contributed by atoms with van der Waals surface area (Å²) in [6, 6.07) is 51.0. The summed E-state index contributed by atoms with van der Waals surface area (Å²) >= 11 is 0. The van der Waals surface area contributed by atoms with Crippen LogP contribution in [0.25, 0.3) is 72.8 Å². The van der Waals surface area contributed by atoms with E-state index >= 15 is 0 Å². The van der Waals surface area contributed by atoms with Crippen LogP contribution < -0.4 is 0 Å². The first-order chi connectivity index (χ1) is 22.7. The largest absolute Gasteiger partial charge is 0.278 e. The molecule has 220 valence electrons. The van der Waals surface area contributed by atoms with Crippen LogP contribution in [-0.2, 0) is 6.42 Å². The molecule has 0 spiro atoms. The third kappa shape index (κ3) is 4.85. The van der Waals surface area contributed by atoms with Gasteiger partial charge in [0.1, 0.15) is 0 Å². The third-order valence-corrected chi connectivity index (χ3v) is 8.81. The topological polar surface area (TPSA) is 43.6 Å². The monoisotopic (exact) mass is 592 g/mol. The Morgan fingerprint density at radius 2 is 1.11 bits per heavy atom. The molecule has 0 N–H and O–H groups in total. The minimum absolute atomic E-state index is 0.596. The predicted molar refractivity (Wildman–Crippen MR) is 190 cm³/mol. The third-order valence-electron chi connectivity index (χ3n) is 8.81. The molecule has 8 aromatic rings. The van der Waals surface area contributed by atoms with Crippen molar-refractivity contribution in [2.45, 2.75) is 20.3 Å². The van der Waals surface area contributed by atoms with Crippen LogP contribution in [0.4, 0.5) is 0 Å². The van der Waals surface area contributed by atoms with Crippen LogP contribution in [0.3, 0.4) is 0 Å². The van der Waals surface area contributed by atoms with Crippen LogP contribution in [-0.4, -0.2) is 19.5 Å². The van der Waals surface area contributed by atoms with E-state index in [-0.39, 0.29) is 0 Å². The molecule has 0 bridgehead atoms. The van der Waals surface area contributed by atoms with E-state index in [0.29, 0.717) is 17.6 Å². The second-order valence-corrected chi connectivity index (χ2v) is 11.6. The average molecular weight is 593 g/mol. The SMILES string of the molecule is CCc1ccccc1-c1ccc(-c2nc(-c3ccccc3)nc(-n3c4ccccc4c4ccc(-c5ccccc5)cc43)n2)cc1C. The van der Waals surface area contributed by atoms with E-state index in [1.165, 1.54) is 27.8 Å². The fourth-order valence-electron chi connectivity index (χ4n) is 6.50. The molecule has 0 aliphatic heterocycles. The molecule has 8 rings (SSSR count). The second kappa shape index (κ2) is 11.6. The van der Waals surface area contributed by atoms with Gasteiger partial charge in [-0.25, -0.2) is 4.98 Å². The molecule has 0 aliphatic carbocycles. The van der Waals surface area contributed by atoms with Crippen LogP contribution in [0.2, 0.25) is 0 Å². The maximum Gasteiger partial charge on any atom is 0.238 e. The van der Waals surface area contributed by atoms with Crippen molar-refractivity contribution in [1.29, 1.82) is 0 Å². The Morgan fingerprint density at radius 3 is 1.87 bits per heavy atom. The van der Waals surface area contributed by atoms with Crippen LogP contribution in [0.15, 0.2) is 146 Å². The van der Waals surface area contributed by atoms with Gasteiger partial charge in [-0.2, -0.15) is 9.97 Å². The normalized spacial score (nSPS) is 11.3. The average Bonchev–Trinajstić information content (AvgIpc) is 3.46. The summed E-state index contributed by atoms with van der Waals surface area (Å²) in [5, 5.41) is 2.32. The van der Waals surface area contributed by atoms with Crippen molar-refractivity contribution in [1.82, 2.24) is 19.5 Å². The number of aryl methyl sites for hydroxylation is 2. The van der Waals surface area contributed by atoms with E-state index in [0.717, 1.165) is 44.9 Å². The molecule has 2 aromatic heterocycles. The van der Waals surface area contributed by atoms with Crippen LogP contribution in [0, 0.1) is 6.92 Å². The van der Waals surface area contributed by atoms with Gasteiger partial charge in [0, 0.05) is 21.9 Å². The van der Waals surface area contributed by atoms with Crippen molar-refractivity contribution in [3.8, 4) is 51.0 Å². The van der Waals surface area contributed by atoms with Crippen molar-refractivity contribution >= 4 is 21.8 Å². The fourth-order valence-corrected chi connectivity index (χ4v) is 6.50. The lowest BCUT2D eigenvalue weighted by atomic mass is 9.93. The Hall–Kier alpha value is -5.87. The molecule has 0 atom stereocenters. The number of nitrogens with zero attached hydrogens (tertiary/aromatic N) is 4. The maximum atomic E-state index is 5.19. The van der Waals surface area contributed by atoms with Crippen LogP contribution >= 0.6 is 0 Å². The standard InChI is InChI=1S/C42H32N4/c1-3-29-14-10-11-19-35(29)34-24-23-33(26-28(34)2)41-43-40(31-17-8-5-9-18-31)44-42(45-41)46-38-21-13-12-20-36(38)37-25-22-32(27-39(37)46)30-15-6-4-7-16-30/h4-27H,3H2,1-2H3. The maximum absolute atomic E-state index is 5.19. The zero-order valence-corrected chi connectivity index (χ0v) is 25.9. The van der Waals surface area contributed by atoms with Gasteiger partial charge in [0.2, 0.25) is 5.95 Å². The highest BCUT2D eigenvalue weighted by atomic mass is 15.2. The molecule has 0 fully saturated rings. The smallest absolute Gasteiger partial charge is 0.238 e. The lowest BCUT2D eigenvalue weighted by Gasteiger charge is -2.14. The Labute approximate surface area is 268 Å². The quantitative estimate of drug-likeness (QED) is 0.193.